The van der Waals surface area contributed by atoms with Crippen molar-refractivity contribution in [2.24, 2.45) is 5.10 Å². The maximum absolute atomic E-state index is 12.3. The predicted octanol–water partition coefficient (Wildman–Crippen LogP) is 4.99. The van der Waals surface area contributed by atoms with Crippen LogP contribution in [-0.2, 0) is 11.4 Å². The first-order valence-electron chi connectivity index (χ1n) is 12.0. The number of hydrazone groups is 1. The molecule has 0 aliphatic rings. The van der Waals surface area contributed by atoms with Crippen molar-refractivity contribution in [1.29, 1.82) is 0 Å². The predicted molar refractivity (Wildman–Crippen MR) is 144 cm³/mol. The van der Waals surface area contributed by atoms with E-state index in [1.54, 1.807) is 42.5 Å². The number of rotatable bonds is 13. The summed E-state index contributed by atoms with van der Waals surface area (Å²) in [5, 5.41) is 7.19. The molecule has 194 valence electrons. The Bertz CT molecular complexity index is 1200. The minimum absolute atomic E-state index is 0.216. The van der Waals surface area contributed by atoms with E-state index in [1.165, 1.54) is 6.21 Å². The molecule has 0 spiro atoms. The second-order valence-electron chi connectivity index (χ2n) is 7.90. The molecule has 0 saturated carbocycles. The minimum Gasteiger partial charge on any atom is -0.494 e. The number of hydrogen-bond acceptors (Lipinski definition) is 6. The molecule has 0 bridgehead atoms. The number of benzene rings is 3. The standard InChI is InChI=1S/C28H30ClN3O5/c1-3-15-36-24-12-8-22(9-13-24)28(34)30-18-27(33)32-31-17-21-7-14-25(26(16-21)35-4-2)37-19-20-5-10-23(29)11-6-20/h5-14,16-17H,3-4,15,18-19H2,1-2H3,(H,30,34)(H,32,33)/b31-17+. The minimum atomic E-state index is -0.458. The number of halogens is 1. The first-order valence-corrected chi connectivity index (χ1v) is 12.3. The van der Waals surface area contributed by atoms with E-state index >= 15 is 0 Å². The van der Waals surface area contributed by atoms with Gasteiger partial charge in [-0.05, 0) is 79.1 Å². The Morgan fingerprint density at radius 2 is 1.68 bits per heavy atom. The third-order valence-corrected chi connectivity index (χ3v) is 5.23. The molecule has 0 aliphatic carbocycles. The largest absolute Gasteiger partial charge is 0.494 e. The van der Waals surface area contributed by atoms with Crippen LogP contribution in [0.4, 0.5) is 0 Å². The summed E-state index contributed by atoms with van der Waals surface area (Å²) in [5.41, 5.74) is 4.52. The lowest BCUT2D eigenvalue weighted by molar-refractivity contribution is -0.120. The van der Waals surface area contributed by atoms with Gasteiger partial charge in [-0.25, -0.2) is 5.43 Å². The van der Waals surface area contributed by atoms with Gasteiger partial charge in [0, 0.05) is 10.6 Å². The van der Waals surface area contributed by atoms with E-state index in [2.05, 4.69) is 15.8 Å². The molecule has 3 rings (SSSR count). The second-order valence-corrected chi connectivity index (χ2v) is 8.34. The van der Waals surface area contributed by atoms with Gasteiger partial charge >= 0.3 is 0 Å². The maximum Gasteiger partial charge on any atom is 0.259 e. The summed E-state index contributed by atoms with van der Waals surface area (Å²) in [7, 11) is 0. The van der Waals surface area contributed by atoms with Gasteiger partial charge in [-0.15, -0.1) is 0 Å². The fourth-order valence-corrected chi connectivity index (χ4v) is 3.26. The van der Waals surface area contributed by atoms with E-state index in [9.17, 15) is 9.59 Å². The fourth-order valence-electron chi connectivity index (χ4n) is 3.14. The van der Waals surface area contributed by atoms with Crippen LogP contribution in [-0.4, -0.2) is 37.8 Å². The van der Waals surface area contributed by atoms with Gasteiger partial charge in [-0.3, -0.25) is 9.59 Å². The molecule has 2 N–H and O–H groups in total. The second kappa shape index (κ2) is 14.5. The summed E-state index contributed by atoms with van der Waals surface area (Å²) >= 11 is 5.93. The van der Waals surface area contributed by atoms with Gasteiger partial charge in [0.1, 0.15) is 12.4 Å². The van der Waals surface area contributed by atoms with Crippen molar-refractivity contribution in [3.63, 3.8) is 0 Å². The van der Waals surface area contributed by atoms with Crippen molar-refractivity contribution in [1.82, 2.24) is 10.7 Å². The van der Waals surface area contributed by atoms with Crippen LogP contribution in [0.5, 0.6) is 17.2 Å². The van der Waals surface area contributed by atoms with Crippen molar-refractivity contribution in [3.05, 3.63) is 88.4 Å². The topological polar surface area (TPSA) is 98.2 Å². The van der Waals surface area contributed by atoms with E-state index in [0.29, 0.717) is 53.2 Å². The normalized spacial score (nSPS) is 10.7. The van der Waals surface area contributed by atoms with E-state index in [1.807, 2.05) is 38.1 Å². The van der Waals surface area contributed by atoms with Crippen LogP contribution < -0.4 is 25.0 Å². The quantitative estimate of drug-likeness (QED) is 0.243. The molecule has 8 nitrogen and oxygen atoms in total. The molecule has 0 aromatic heterocycles. The van der Waals surface area contributed by atoms with Crippen LogP contribution in [0, 0.1) is 0 Å². The molecular formula is C28H30ClN3O5. The van der Waals surface area contributed by atoms with Gasteiger partial charge in [0.15, 0.2) is 11.5 Å². The first-order chi connectivity index (χ1) is 18.0. The summed E-state index contributed by atoms with van der Waals surface area (Å²) in [5.74, 6) is 1.02. The van der Waals surface area contributed by atoms with Crippen LogP contribution in [0.3, 0.4) is 0 Å². The van der Waals surface area contributed by atoms with Crippen molar-refractivity contribution in [2.75, 3.05) is 19.8 Å². The number of amides is 2. The Morgan fingerprint density at radius 1 is 0.919 bits per heavy atom. The Kier molecular flexibility index (Phi) is 10.8. The average molecular weight is 524 g/mol. The molecule has 3 aromatic rings. The van der Waals surface area contributed by atoms with Crippen molar-refractivity contribution < 1.29 is 23.8 Å². The highest BCUT2D eigenvalue weighted by molar-refractivity contribution is 6.30. The number of nitrogens with one attached hydrogen (secondary N) is 2. The lowest BCUT2D eigenvalue weighted by Gasteiger charge is -2.12. The van der Waals surface area contributed by atoms with Crippen LogP contribution in [0.1, 0.15) is 41.8 Å². The summed E-state index contributed by atoms with van der Waals surface area (Å²) in [6.45, 7) is 5.12. The highest BCUT2D eigenvalue weighted by Gasteiger charge is 2.09. The van der Waals surface area contributed by atoms with Gasteiger partial charge < -0.3 is 19.5 Å². The Balaban J connectivity index is 1.48. The number of carbonyl (C=O) groups is 2. The number of ether oxygens (including phenoxy) is 3. The summed E-state index contributed by atoms with van der Waals surface area (Å²) in [6, 6.07) is 19.5. The molecular weight excluding hydrogens is 494 g/mol. The third kappa shape index (κ3) is 9.16. The molecule has 0 aliphatic heterocycles. The Hall–Kier alpha value is -4.04. The summed E-state index contributed by atoms with van der Waals surface area (Å²) in [4.78, 5) is 24.4. The molecule has 9 heteroatoms. The van der Waals surface area contributed by atoms with E-state index in [4.69, 9.17) is 25.8 Å². The fraction of sp³-hybridized carbons (Fsp3) is 0.250. The monoisotopic (exact) mass is 523 g/mol. The van der Waals surface area contributed by atoms with Gasteiger partial charge in [-0.1, -0.05) is 30.7 Å². The number of carbonyl (C=O) groups excluding carboxylic acids is 2. The Labute approximate surface area is 221 Å². The third-order valence-electron chi connectivity index (χ3n) is 4.98. The lowest BCUT2D eigenvalue weighted by atomic mass is 10.2. The SMILES string of the molecule is CCCOc1ccc(C(=O)NCC(=O)N/N=C/c2ccc(OCc3ccc(Cl)cc3)c(OCC)c2)cc1. The Morgan fingerprint density at radius 3 is 2.38 bits per heavy atom. The van der Waals surface area contributed by atoms with Crippen molar-refractivity contribution in [2.45, 2.75) is 26.9 Å². The van der Waals surface area contributed by atoms with Gasteiger partial charge in [-0.2, -0.15) is 5.10 Å². The lowest BCUT2D eigenvalue weighted by Crippen LogP contribution is -2.34. The summed E-state index contributed by atoms with van der Waals surface area (Å²) < 4.78 is 17.1. The number of hydrogen-bond donors (Lipinski definition) is 2. The van der Waals surface area contributed by atoms with Crippen molar-refractivity contribution >= 4 is 29.6 Å². The van der Waals surface area contributed by atoms with Gasteiger partial charge in [0.05, 0.1) is 26.0 Å². The maximum atomic E-state index is 12.3. The molecule has 0 fully saturated rings. The molecule has 0 unspecified atom stereocenters. The number of nitrogens with zero attached hydrogens (tertiary/aromatic N) is 1. The van der Waals surface area contributed by atoms with Crippen LogP contribution >= 0.6 is 11.6 Å². The van der Waals surface area contributed by atoms with Crippen LogP contribution in [0.25, 0.3) is 0 Å². The molecule has 0 atom stereocenters. The zero-order valence-corrected chi connectivity index (χ0v) is 21.6. The van der Waals surface area contributed by atoms with E-state index in [-0.39, 0.29) is 12.5 Å². The first kappa shape index (κ1) is 27.5. The molecule has 0 saturated heterocycles. The highest BCUT2D eigenvalue weighted by atomic mass is 35.5. The van der Waals surface area contributed by atoms with E-state index < -0.39 is 5.91 Å². The van der Waals surface area contributed by atoms with E-state index in [0.717, 1.165) is 12.0 Å². The summed E-state index contributed by atoms with van der Waals surface area (Å²) in [6.07, 6.45) is 2.39. The molecule has 0 radical (unpaired) electrons. The molecule has 37 heavy (non-hydrogen) atoms. The molecule has 2 amide bonds. The highest BCUT2D eigenvalue weighted by Crippen LogP contribution is 2.29. The smallest absolute Gasteiger partial charge is 0.259 e. The average Bonchev–Trinajstić information content (AvgIpc) is 2.91. The zero-order chi connectivity index (χ0) is 26.5. The zero-order valence-electron chi connectivity index (χ0n) is 20.8. The van der Waals surface area contributed by atoms with Crippen LogP contribution in [0.15, 0.2) is 71.8 Å². The molecule has 0 heterocycles. The van der Waals surface area contributed by atoms with Crippen LogP contribution in [0.2, 0.25) is 5.02 Å². The van der Waals surface area contributed by atoms with Gasteiger partial charge in [0.2, 0.25) is 0 Å². The van der Waals surface area contributed by atoms with Crippen molar-refractivity contribution in [3.8, 4) is 17.2 Å². The van der Waals surface area contributed by atoms with Gasteiger partial charge in [0.25, 0.3) is 11.8 Å². The molecule has 3 aromatic carbocycles.